The van der Waals surface area contributed by atoms with Crippen LogP contribution in [0.5, 0.6) is 17.2 Å². The molecule has 3 aromatic carbocycles. The van der Waals surface area contributed by atoms with Gasteiger partial charge in [0.25, 0.3) is 11.8 Å². The normalized spacial score (nSPS) is 11.1. The highest BCUT2D eigenvalue weighted by Crippen LogP contribution is 2.28. The van der Waals surface area contributed by atoms with Gasteiger partial charge >= 0.3 is 0 Å². The van der Waals surface area contributed by atoms with Crippen molar-refractivity contribution in [3.8, 4) is 17.2 Å². The monoisotopic (exact) mass is 547 g/mol. The van der Waals surface area contributed by atoms with Crippen LogP contribution in [-0.2, 0) is 4.79 Å². The zero-order valence-corrected chi connectivity index (χ0v) is 21.5. The molecule has 0 heterocycles. The van der Waals surface area contributed by atoms with Gasteiger partial charge in [0.2, 0.25) is 0 Å². The predicted molar refractivity (Wildman–Crippen MR) is 142 cm³/mol. The molecular formula is C25H23Cl2N3O5S. The molecule has 36 heavy (non-hydrogen) atoms. The summed E-state index contributed by atoms with van der Waals surface area (Å²) in [5.74, 6) is 0.325. The van der Waals surface area contributed by atoms with Crippen LogP contribution in [0, 0.1) is 0 Å². The second-order valence-electron chi connectivity index (χ2n) is 7.24. The van der Waals surface area contributed by atoms with Gasteiger partial charge in [-0.15, -0.1) is 0 Å². The third-order valence-corrected chi connectivity index (χ3v) is 5.31. The minimum atomic E-state index is -0.915. The number of hydrazine groups is 1. The van der Waals surface area contributed by atoms with Crippen molar-refractivity contribution in [2.45, 2.75) is 13.0 Å². The highest BCUT2D eigenvalue weighted by molar-refractivity contribution is 7.80. The van der Waals surface area contributed by atoms with Gasteiger partial charge in [-0.3, -0.25) is 25.8 Å². The van der Waals surface area contributed by atoms with E-state index in [1.807, 2.05) is 30.3 Å². The first kappa shape index (κ1) is 27.1. The Bertz CT molecular complexity index is 1210. The van der Waals surface area contributed by atoms with Gasteiger partial charge in [-0.25, -0.2) is 0 Å². The van der Waals surface area contributed by atoms with Crippen molar-refractivity contribution >= 4 is 52.3 Å². The summed E-state index contributed by atoms with van der Waals surface area (Å²) in [4.78, 5) is 25.0. The number of hydrogen-bond donors (Lipinski definition) is 3. The maximum atomic E-state index is 12.7. The van der Waals surface area contributed by atoms with E-state index in [9.17, 15) is 9.59 Å². The van der Waals surface area contributed by atoms with Crippen molar-refractivity contribution in [3.63, 3.8) is 0 Å². The molecule has 2 amide bonds. The van der Waals surface area contributed by atoms with E-state index in [0.717, 1.165) is 5.75 Å². The van der Waals surface area contributed by atoms with Crippen LogP contribution in [0.3, 0.4) is 0 Å². The Kier molecular flexibility index (Phi) is 10.2. The fraction of sp³-hybridized carbons (Fsp3) is 0.160. The molecule has 0 aromatic heterocycles. The van der Waals surface area contributed by atoms with Crippen molar-refractivity contribution in [1.29, 1.82) is 0 Å². The van der Waals surface area contributed by atoms with E-state index >= 15 is 0 Å². The number of rotatable bonds is 9. The van der Waals surface area contributed by atoms with Gasteiger partial charge in [0.15, 0.2) is 11.2 Å². The molecule has 0 radical (unpaired) electrons. The van der Waals surface area contributed by atoms with Gasteiger partial charge in [-0.05, 0) is 61.6 Å². The predicted octanol–water partition coefficient (Wildman–Crippen LogP) is 4.55. The second-order valence-corrected chi connectivity index (χ2v) is 8.49. The number of amides is 2. The number of hydrogen-bond acceptors (Lipinski definition) is 6. The first-order valence-corrected chi connectivity index (χ1v) is 11.9. The Morgan fingerprint density at radius 2 is 1.58 bits per heavy atom. The quantitative estimate of drug-likeness (QED) is 0.205. The summed E-state index contributed by atoms with van der Waals surface area (Å²) in [6.07, 6.45) is -0.915. The van der Waals surface area contributed by atoms with Gasteiger partial charge < -0.3 is 14.2 Å². The fourth-order valence-electron chi connectivity index (χ4n) is 2.84. The first-order valence-electron chi connectivity index (χ1n) is 10.8. The molecule has 0 aliphatic heterocycles. The molecule has 1 unspecified atom stereocenters. The summed E-state index contributed by atoms with van der Waals surface area (Å²) in [7, 11) is 0. The molecule has 3 aromatic rings. The van der Waals surface area contributed by atoms with Crippen molar-refractivity contribution in [1.82, 2.24) is 16.2 Å². The Balaban J connectivity index is 1.45. The largest absolute Gasteiger partial charge is 0.490 e. The molecule has 0 bridgehead atoms. The number of halogens is 2. The highest BCUT2D eigenvalue weighted by Gasteiger charge is 2.18. The number of benzene rings is 3. The molecule has 0 aliphatic carbocycles. The number of nitrogens with one attached hydrogen (secondary N) is 3. The lowest BCUT2D eigenvalue weighted by molar-refractivity contribution is -0.127. The molecular weight excluding hydrogens is 525 g/mol. The van der Waals surface area contributed by atoms with E-state index in [2.05, 4.69) is 16.2 Å². The maximum Gasteiger partial charge on any atom is 0.279 e. The number of carbonyl (C=O) groups is 2. The molecule has 0 saturated heterocycles. The molecule has 0 spiro atoms. The van der Waals surface area contributed by atoms with Crippen LogP contribution in [0.15, 0.2) is 72.8 Å². The van der Waals surface area contributed by atoms with E-state index in [1.165, 1.54) is 13.0 Å². The Morgan fingerprint density at radius 3 is 2.33 bits per heavy atom. The summed E-state index contributed by atoms with van der Waals surface area (Å²) >= 11 is 17.0. The Morgan fingerprint density at radius 1 is 0.889 bits per heavy atom. The van der Waals surface area contributed by atoms with Gasteiger partial charge in [-0.2, -0.15) is 0 Å². The smallest absolute Gasteiger partial charge is 0.279 e. The lowest BCUT2D eigenvalue weighted by Crippen LogP contribution is -2.51. The summed E-state index contributed by atoms with van der Waals surface area (Å²) in [6, 6.07) is 20.7. The molecule has 8 nitrogen and oxygen atoms in total. The van der Waals surface area contributed by atoms with E-state index in [4.69, 9.17) is 49.6 Å². The van der Waals surface area contributed by atoms with E-state index < -0.39 is 17.9 Å². The van der Waals surface area contributed by atoms with Crippen molar-refractivity contribution in [2.75, 3.05) is 13.2 Å². The average Bonchev–Trinajstić information content (AvgIpc) is 2.87. The summed E-state index contributed by atoms with van der Waals surface area (Å²) in [5, 5.41) is 3.09. The summed E-state index contributed by atoms with van der Waals surface area (Å²) in [5.41, 5.74) is 5.11. The number of thiocarbonyl (C=S) groups is 1. The van der Waals surface area contributed by atoms with Crippen LogP contribution in [-0.4, -0.2) is 36.2 Å². The van der Waals surface area contributed by atoms with Crippen LogP contribution < -0.4 is 30.4 Å². The van der Waals surface area contributed by atoms with Gasteiger partial charge in [0.05, 0.1) is 10.6 Å². The van der Waals surface area contributed by atoms with Crippen molar-refractivity contribution in [3.05, 3.63) is 88.4 Å². The lowest BCUT2D eigenvalue weighted by Gasteiger charge is -2.17. The van der Waals surface area contributed by atoms with Crippen LogP contribution in [0.1, 0.15) is 17.3 Å². The van der Waals surface area contributed by atoms with Crippen LogP contribution in [0.2, 0.25) is 10.0 Å². The number of carbonyl (C=O) groups excluding carboxylic acids is 2. The summed E-state index contributed by atoms with van der Waals surface area (Å²) < 4.78 is 16.8. The second kappa shape index (κ2) is 13.5. The van der Waals surface area contributed by atoms with Crippen molar-refractivity contribution < 1.29 is 23.8 Å². The first-order chi connectivity index (χ1) is 17.3. The van der Waals surface area contributed by atoms with E-state index in [1.54, 1.807) is 36.4 Å². The molecule has 0 saturated carbocycles. The number of para-hydroxylation sites is 2. The molecule has 3 N–H and O–H groups in total. The Labute approximate surface area is 223 Å². The van der Waals surface area contributed by atoms with Gasteiger partial charge in [0, 0.05) is 5.02 Å². The topological polar surface area (TPSA) is 97.9 Å². The van der Waals surface area contributed by atoms with Crippen LogP contribution in [0.4, 0.5) is 0 Å². The molecule has 11 heteroatoms. The standard InChI is InChI=1S/C25H23Cl2N3O5S/c1-16(35-22-12-11-17(26)15-20(22)27)23(31)29-30-25(36)28-24(32)19-9-5-6-10-21(19)34-14-13-33-18-7-3-2-4-8-18/h2-12,15-16H,13-14H2,1H3,(H,29,31)(H2,28,30,32,36). The van der Waals surface area contributed by atoms with Gasteiger partial charge in [0.1, 0.15) is 30.5 Å². The minimum absolute atomic E-state index is 0.118. The molecule has 3 rings (SSSR count). The average molecular weight is 548 g/mol. The third-order valence-electron chi connectivity index (χ3n) is 4.58. The molecule has 0 aliphatic rings. The molecule has 0 fully saturated rings. The van der Waals surface area contributed by atoms with Crippen molar-refractivity contribution in [2.24, 2.45) is 0 Å². The highest BCUT2D eigenvalue weighted by atomic mass is 35.5. The molecule has 188 valence electrons. The van der Waals surface area contributed by atoms with E-state index in [0.29, 0.717) is 23.1 Å². The zero-order valence-electron chi connectivity index (χ0n) is 19.1. The van der Waals surface area contributed by atoms with Crippen LogP contribution in [0.25, 0.3) is 0 Å². The Hall–Kier alpha value is -3.53. The number of ether oxygens (including phenoxy) is 3. The minimum Gasteiger partial charge on any atom is -0.490 e. The SMILES string of the molecule is CC(Oc1ccc(Cl)cc1Cl)C(=O)NNC(=S)NC(=O)c1ccccc1OCCOc1ccccc1. The fourth-order valence-corrected chi connectivity index (χ4v) is 3.44. The third kappa shape index (κ3) is 8.30. The van der Waals surface area contributed by atoms with Crippen LogP contribution >= 0.6 is 35.4 Å². The van der Waals surface area contributed by atoms with E-state index in [-0.39, 0.29) is 22.3 Å². The lowest BCUT2D eigenvalue weighted by atomic mass is 10.2. The maximum absolute atomic E-state index is 12.7. The zero-order chi connectivity index (χ0) is 25.9. The van der Waals surface area contributed by atoms with Gasteiger partial charge in [-0.1, -0.05) is 53.5 Å². The molecule has 1 atom stereocenters. The summed E-state index contributed by atoms with van der Waals surface area (Å²) in [6.45, 7) is 2.06.